The van der Waals surface area contributed by atoms with E-state index in [4.69, 9.17) is 9.84 Å². The third-order valence-corrected chi connectivity index (χ3v) is 3.33. The molecule has 0 aliphatic rings. The predicted octanol–water partition coefficient (Wildman–Crippen LogP) is 0.588. The summed E-state index contributed by atoms with van der Waals surface area (Å²) in [5.74, 6) is -0.595. The predicted molar refractivity (Wildman–Crippen MR) is 72.7 cm³/mol. The molecule has 0 aromatic carbocycles. The fourth-order valence-electron chi connectivity index (χ4n) is 1.51. The summed E-state index contributed by atoms with van der Waals surface area (Å²) in [7, 11) is 1.39. The van der Waals surface area contributed by atoms with Crippen LogP contribution in [0.4, 0.5) is 5.82 Å². The Bertz CT molecular complexity index is 666. The Morgan fingerprint density at radius 2 is 2.40 bits per heavy atom. The molecule has 2 rings (SSSR count). The smallest absolute Gasteiger partial charge is 0.355 e. The number of hydrogen-bond donors (Lipinski definition) is 3. The molecule has 0 atom stereocenters. The largest absolute Gasteiger partial charge is 0.489 e. The van der Waals surface area contributed by atoms with Crippen molar-refractivity contribution in [1.82, 2.24) is 15.0 Å². The number of carboxylic acids is 1. The molecule has 0 aliphatic carbocycles. The second-order valence-corrected chi connectivity index (χ2v) is 4.66. The molecule has 20 heavy (non-hydrogen) atoms. The first-order valence-corrected chi connectivity index (χ1v) is 6.53. The third kappa shape index (κ3) is 3.12. The van der Waals surface area contributed by atoms with Crippen LogP contribution in [-0.4, -0.2) is 39.7 Å². The maximum atomic E-state index is 11.4. The molecule has 106 valence electrons. The first kappa shape index (κ1) is 14.0. The second kappa shape index (κ2) is 6.15. The van der Waals surface area contributed by atoms with E-state index < -0.39 is 5.97 Å². The molecule has 0 bridgehead atoms. The third-order valence-electron chi connectivity index (χ3n) is 2.42. The number of aromatic amines is 1. The van der Waals surface area contributed by atoms with Crippen LogP contribution in [-0.2, 0) is 6.42 Å². The van der Waals surface area contributed by atoms with E-state index in [0.717, 1.165) is 0 Å². The Morgan fingerprint density at radius 1 is 1.60 bits per heavy atom. The van der Waals surface area contributed by atoms with Crippen LogP contribution < -0.4 is 15.6 Å². The molecule has 0 fully saturated rings. The number of carbonyl (C=O) groups is 1. The van der Waals surface area contributed by atoms with Gasteiger partial charge >= 0.3 is 5.97 Å². The van der Waals surface area contributed by atoms with Crippen molar-refractivity contribution in [2.24, 2.45) is 0 Å². The van der Waals surface area contributed by atoms with Gasteiger partial charge in [0, 0.05) is 18.3 Å². The van der Waals surface area contributed by atoms with E-state index in [0.29, 0.717) is 23.8 Å². The van der Waals surface area contributed by atoms with Gasteiger partial charge in [-0.3, -0.25) is 4.79 Å². The molecule has 0 saturated carbocycles. The molecule has 0 amide bonds. The van der Waals surface area contributed by atoms with Gasteiger partial charge in [0.25, 0.3) is 5.56 Å². The average molecular weight is 296 g/mol. The van der Waals surface area contributed by atoms with Gasteiger partial charge in [0.05, 0.1) is 18.4 Å². The molecular weight excluding hydrogens is 284 g/mol. The van der Waals surface area contributed by atoms with Crippen LogP contribution in [0, 0.1) is 0 Å². The fraction of sp³-hybridized carbons (Fsp3) is 0.273. The fourth-order valence-corrected chi connectivity index (χ4v) is 2.29. The normalized spacial score (nSPS) is 10.2. The number of aromatic nitrogens is 3. The van der Waals surface area contributed by atoms with Crippen molar-refractivity contribution >= 4 is 23.1 Å². The van der Waals surface area contributed by atoms with E-state index in [1.54, 1.807) is 0 Å². The molecule has 2 aromatic rings. The molecular formula is C11H12N4O4S. The van der Waals surface area contributed by atoms with Crippen molar-refractivity contribution < 1.29 is 14.6 Å². The molecule has 0 saturated heterocycles. The highest BCUT2D eigenvalue weighted by atomic mass is 32.1. The molecule has 3 N–H and O–H groups in total. The van der Waals surface area contributed by atoms with Gasteiger partial charge in [0.2, 0.25) is 5.75 Å². The van der Waals surface area contributed by atoms with Crippen LogP contribution in [0.2, 0.25) is 0 Å². The highest BCUT2D eigenvalue weighted by Crippen LogP contribution is 2.15. The van der Waals surface area contributed by atoms with E-state index in [1.165, 1.54) is 30.2 Å². The SMILES string of the molecule is COc1c(NCCc2nc(C(=O)O)cs2)nc[nH]c1=O. The first-order valence-electron chi connectivity index (χ1n) is 5.65. The molecule has 8 nitrogen and oxygen atoms in total. The maximum absolute atomic E-state index is 11.4. The van der Waals surface area contributed by atoms with Crippen molar-refractivity contribution in [2.45, 2.75) is 6.42 Å². The minimum Gasteiger partial charge on any atom is -0.489 e. The van der Waals surface area contributed by atoms with Gasteiger partial charge in [0.15, 0.2) is 11.5 Å². The second-order valence-electron chi connectivity index (χ2n) is 3.72. The van der Waals surface area contributed by atoms with Crippen molar-refractivity contribution in [3.63, 3.8) is 0 Å². The maximum Gasteiger partial charge on any atom is 0.355 e. The Morgan fingerprint density at radius 3 is 3.05 bits per heavy atom. The highest BCUT2D eigenvalue weighted by Gasteiger charge is 2.10. The minimum absolute atomic E-state index is 0.0388. The lowest BCUT2D eigenvalue weighted by Gasteiger charge is -2.07. The summed E-state index contributed by atoms with van der Waals surface area (Å²) in [6, 6.07) is 0. The number of anilines is 1. The molecule has 0 spiro atoms. The Kier molecular flexibility index (Phi) is 4.31. The van der Waals surface area contributed by atoms with Crippen LogP contribution >= 0.6 is 11.3 Å². The molecule has 2 aromatic heterocycles. The molecule has 0 unspecified atom stereocenters. The quantitative estimate of drug-likeness (QED) is 0.714. The van der Waals surface area contributed by atoms with Crippen molar-refractivity contribution in [3.05, 3.63) is 32.8 Å². The Hall–Kier alpha value is -2.42. The van der Waals surface area contributed by atoms with E-state index in [2.05, 4.69) is 20.3 Å². The topological polar surface area (TPSA) is 117 Å². The van der Waals surface area contributed by atoms with Crippen molar-refractivity contribution in [1.29, 1.82) is 0 Å². The summed E-state index contributed by atoms with van der Waals surface area (Å²) in [4.78, 5) is 32.5. The lowest BCUT2D eigenvalue weighted by atomic mass is 10.4. The van der Waals surface area contributed by atoms with Crippen molar-refractivity contribution in [3.8, 4) is 5.75 Å². The lowest BCUT2D eigenvalue weighted by molar-refractivity contribution is 0.0691. The summed E-state index contributed by atoms with van der Waals surface area (Å²) in [5.41, 5.74) is -0.329. The molecule has 0 aliphatic heterocycles. The molecule has 0 radical (unpaired) electrons. The number of thiazole rings is 1. The van der Waals surface area contributed by atoms with Gasteiger partial charge in [-0.15, -0.1) is 11.3 Å². The summed E-state index contributed by atoms with van der Waals surface area (Å²) in [6.45, 7) is 0.458. The number of nitrogens with zero attached hydrogens (tertiary/aromatic N) is 2. The van der Waals surface area contributed by atoms with Gasteiger partial charge in [-0.1, -0.05) is 0 Å². The number of ether oxygens (including phenoxy) is 1. The summed E-state index contributed by atoms with van der Waals surface area (Å²) in [6.07, 6.45) is 1.80. The number of nitrogens with one attached hydrogen (secondary N) is 2. The molecule has 2 heterocycles. The van der Waals surface area contributed by atoms with Crippen molar-refractivity contribution in [2.75, 3.05) is 19.0 Å². The Labute approximate surface area is 117 Å². The van der Waals surface area contributed by atoms with Gasteiger partial charge in [0.1, 0.15) is 0 Å². The average Bonchev–Trinajstić information content (AvgIpc) is 2.88. The number of carboxylic acid groups (broad SMARTS) is 1. The van der Waals surface area contributed by atoms with Gasteiger partial charge < -0.3 is 20.1 Å². The van der Waals surface area contributed by atoms with Gasteiger partial charge in [-0.05, 0) is 0 Å². The summed E-state index contributed by atoms with van der Waals surface area (Å²) < 4.78 is 4.95. The zero-order valence-corrected chi connectivity index (χ0v) is 11.4. The number of H-pyrrole nitrogens is 1. The number of rotatable bonds is 6. The zero-order chi connectivity index (χ0) is 14.5. The Balaban J connectivity index is 1.97. The highest BCUT2D eigenvalue weighted by molar-refractivity contribution is 7.09. The molecule has 9 heteroatoms. The lowest BCUT2D eigenvalue weighted by Crippen LogP contribution is -2.15. The first-order chi connectivity index (χ1) is 9.61. The summed E-state index contributed by atoms with van der Waals surface area (Å²) in [5, 5.41) is 13.9. The zero-order valence-electron chi connectivity index (χ0n) is 10.5. The monoisotopic (exact) mass is 296 g/mol. The van der Waals surface area contributed by atoms with Gasteiger partial charge in [-0.25, -0.2) is 14.8 Å². The van der Waals surface area contributed by atoms with Crippen LogP contribution in [0.25, 0.3) is 0 Å². The minimum atomic E-state index is -1.04. The van der Waals surface area contributed by atoms with E-state index in [-0.39, 0.29) is 17.0 Å². The standard InChI is InChI=1S/C11H12N4O4S/c1-19-8-9(13-5-14-10(8)16)12-3-2-7-15-6(4-20-7)11(17)18/h4-5H,2-3H2,1H3,(H,17,18)(H2,12,13,14,16). The van der Waals surface area contributed by atoms with E-state index >= 15 is 0 Å². The number of aromatic carboxylic acids is 1. The van der Waals surface area contributed by atoms with Crippen LogP contribution in [0.1, 0.15) is 15.5 Å². The van der Waals surface area contributed by atoms with Crippen LogP contribution in [0.3, 0.4) is 0 Å². The number of methoxy groups -OCH3 is 1. The van der Waals surface area contributed by atoms with E-state index in [1.807, 2.05) is 0 Å². The van der Waals surface area contributed by atoms with E-state index in [9.17, 15) is 9.59 Å². The number of hydrogen-bond acceptors (Lipinski definition) is 7. The summed E-state index contributed by atoms with van der Waals surface area (Å²) >= 11 is 1.27. The van der Waals surface area contributed by atoms with Gasteiger partial charge in [-0.2, -0.15) is 0 Å². The van der Waals surface area contributed by atoms with Crippen LogP contribution in [0.5, 0.6) is 5.75 Å². The van der Waals surface area contributed by atoms with Crippen LogP contribution in [0.15, 0.2) is 16.5 Å².